The molecule has 1 rings (SSSR count). The van der Waals surface area contributed by atoms with Gasteiger partial charge in [0.05, 0.1) is 5.56 Å². The molecule has 0 fully saturated rings. The van der Waals surface area contributed by atoms with Crippen molar-refractivity contribution >= 4 is 0 Å². The quantitative estimate of drug-likeness (QED) is 0.679. The summed E-state index contributed by atoms with van der Waals surface area (Å²) in [4.78, 5) is 0. The average molecular weight is 316 g/mol. The molecule has 0 aliphatic rings. The van der Waals surface area contributed by atoms with Crippen molar-refractivity contribution in [2.75, 3.05) is 0 Å². The van der Waals surface area contributed by atoms with Gasteiger partial charge in [-0.05, 0) is 6.07 Å². The Kier molecular flexibility index (Phi) is 3.85. The Labute approximate surface area is 103 Å². The van der Waals surface area contributed by atoms with Crippen molar-refractivity contribution in [3.05, 3.63) is 29.1 Å². The second-order valence-electron chi connectivity index (χ2n) is 3.37. The van der Waals surface area contributed by atoms with Crippen molar-refractivity contribution in [1.29, 1.82) is 0 Å². The first-order chi connectivity index (χ1) is 8.72. The monoisotopic (exact) mass is 316 g/mol. The minimum atomic E-state index is -5.73. The molecule has 1 aromatic carbocycles. The first-order valence-electron chi connectivity index (χ1n) is 4.45. The van der Waals surface area contributed by atoms with Crippen LogP contribution in [0.4, 0.5) is 43.9 Å². The van der Waals surface area contributed by atoms with Crippen LogP contribution in [0.1, 0.15) is 11.1 Å². The van der Waals surface area contributed by atoms with Crippen LogP contribution in [0.25, 0.3) is 0 Å². The van der Waals surface area contributed by atoms with E-state index >= 15 is 0 Å². The van der Waals surface area contributed by atoms with Gasteiger partial charge in [-0.25, -0.2) is 4.39 Å². The first-order valence-corrected chi connectivity index (χ1v) is 4.45. The summed E-state index contributed by atoms with van der Waals surface area (Å²) in [6.07, 6.45) is -16.9. The molecule has 11 heteroatoms. The second-order valence-corrected chi connectivity index (χ2v) is 3.37. The smallest absolute Gasteiger partial charge is 0.406 e. The predicted molar refractivity (Wildman–Crippen MR) is 43.1 cm³/mol. The molecule has 0 amide bonds. The molecule has 1 nitrogen and oxygen atoms in total. The standard InChI is InChI=1S/C9H2F10O/c10-5-2-3(20-9(17,18)19)1-4(7(11,12)13)6(5)8(14,15)16/h1-2H. The van der Waals surface area contributed by atoms with Gasteiger partial charge in [-0.3, -0.25) is 0 Å². The van der Waals surface area contributed by atoms with E-state index in [1.165, 1.54) is 0 Å². The van der Waals surface area contributed by atoms with Gasteiger partial charge in [0.2, 0.25) is 0 Å². The van der Waals surface area contributed by atoms with E-state index in [9.17, 15) is 43.9 Å². The molecule has 0 N–H and O–H groups in total. The van der Waals surface area contributed by atoms with Crippen molar-refractivity contribution in [1.82, 2.24) is 0 Å². The summed E-state index contributed by atoms with van der Waals surface area (Å²) in [5.41, 5.74) is -5.32. The molecular formula is C9H2F10O. The Morgan fingerprint density at radius 2 is 1.25 bits per heavy atom. The fourth-order valence-electron chi connectivity index (χ4n) is 1.29. The molecule has 0 saturated heterocycles. The van der Waals surface area contributed by atoms with Crippen LogP contribution < -0.4 is 4.74 Å². The molecule has 0 aromatic heterocycles. The van der Waals surface area contributed by atoms with Gasteiger partial charge in [0.25, 0.3) is 0 Å². The molecule has 0 heterocycles. The average Bonchev–Trinajstić information content (AvgIpc) is 2.09. The maximum Gasteiger partial charge on any atom is 0.573 e. The number of hydrogen-bond acceptors (Lipinski definition) is 1. The molecule has 1 aromatic rings. The fourth-order valence-corrected chi connectivity index (χ4v) is 1.29. The van der Waals surface area contributed by atoms with Crippen molar-refractivity contribution in [2.45, 2.75) is 18.7 Å². The molecule has 114 valence electrons. The molecule has 0 spiro atoms. The topological polar surface area (TPSA) is 9.23 Å². The Morgan fingerprint density at radius 1 is 0.750 bits per heavy atom. The summed E-state index contributed by atoms with van der Waals surface area (Å²) in [6.45, 7) is 0. The molecular weight excluding hydrogens is 314 g/mol. The molecule has 0 aliphatic heterocycles. The Morgan fingerprint density at radius 3 is 1.60 bits per heavy atom. The summed E-state index contributed by atoms with van der Waals surface area (Å²) in [6, 6.07) is -0.995. The lowest BCUT2D eigenvalue weighted by molar-refractivity contribution is -0.274. The predicted octanol–water partition coefficient (Wildman–Crippen LogP) is 4.76. The Bertz CT molecular complexity index is 495. The second kappa shape index (κ2) is 4.70. The van der Waals surface area contributed by atoms with Gasteiger partial charge in [0.15, 0.2) is 0 Å². The molecule has 0 atom stereocenters. The summed E-state index contributed by atoms with van der Waals surface area (Å²) < 4.78 is 125. The maximum absolute atomic E-state index is 13.0. The number of rotatable bonds is 1. The third-order valence-corrected chi connectivity index (χ3v) is 1.89. The van der Waals surface area contributed by atoms with Crippen LogP contribution in [0.2, 0.25) is 0 Å². The highest BCUT2D eigenvalue weighted by atomic mass is 19.4. The van der Waals surface area contributed by atoms with Crippen LogP contribution in [0.3, 0.4) is 0 Å². The van der Waals surface area contributed by atoms with E-state index in [4.69, 9.17) is 0 Å². The highest BCUT2D eigenvalue weighted by Gasteiger charge is 2.46. The van der Waals surface area contributed by atoms with Crippen LogP contribution in [-0.4, -0.2) is 6.36 Å². The van der Waals surface area contributed by atoms with Gasteiger partial charge in [-0.2, -0.15) is 26.3 Å². The summed E-state index contributed by atoms with van der Waals surface area (Å²) in [5.74, 6) is -4.26. The summed E-state index contributed by atoms with van der Waals surface area (Å²) >= 11 is 0. The number of benzene rings is 1. The van der Waals surface area contributed by atoms with Crippen LogP contribution in [-0.2, 0) is 12.4 Å². The van der Waals surface area contributed by atoms with Crippen molar-refractivity contribution in [3.63, 3.8) is 0 Å². The lowest BCUT2D eigenvalue weighted by Gasteiger charge is -2.18. The highest BCUT2D eigenvalue weighted by molar-refractivity contribution is 5.40. The zero-order chi connectivity index (χ0) is 15.9. The fraction of sp³-hybridized carbons (Fsp3) is 0.333. The molecule has 0 bridgehead atoms. The summed E-state index contributed by atoms with van der Waals surface area (Å²) in [7, 11) is 0. The van der Waals surface area contributed by atoms with Gasteiger partial charge >= 0.3 is 18.7 Å². The Hall–Kier alpha value is -1.68. The summed E-state index contributed by atoms with van der Waals surface area (Å²) in [5, 5.41) is 0. The largest absolute Gasteiger partial charge is 0.573 e. The van der Waals surface area contributed by atoms with Crippen LogP contribution in [0.5, 0.6) is 5.75 Å². The minimum absolute atomic E-state index is 0.425. The lowest BCUT2D eigenvalue weighted by atomic mass is 10.1. The zero-order valence-electron chi connectivity index (χ0n) is 8.84. The lowest BCUT2D eigenvalue weighted by Crippen LogP contribution is -2.21. The SMILES string of the molecule is Fc1cc(OC(F)(F)F)cc(C(F)(F)F)c1C(F)(F)F. The maximum atomic E-state index is 13.0. The molecule has 0 aliphatic carbocycles. The van der Waals surface area contributed by atoms with Gasteiger partial charge in [-0.15, -0.1) is 13.2 Å². The number of halogens is 10. The van der Waals surface area contributed by atoms with Gasteiger partial charge in [-0.1, -0.05) is 0 Å². The molecule has 0 saturated carbocycles. The van der Waals surface area contributed by atoms with E-state index in [2.05, 4.69) is 4.74 Å². The van der Waals surface area contributed by atoms with Crippen LogP contribution in [0, 0.1) is 5.82 Å². The van der Waals surface area contributed by atoms with E-state index < -0.39 is 53.5 Å². The van der Waals surface area contributed by atoms with E-state index in [1.807, 2.05) is 0 Å². The van der Waals surface area contributed by atoms with Gasteiger partial charge < -0.3 is 4.74 Å². The van der Waals surface area contributed by atoms with E-state index in [1.54, 1.807) is 0 Å². The highest BCUT2D eigenvalue weighted by Crippen LogP contribution is 2.43. The normalized spacial score (nSPS) is 13.5. The molecule has 0 radical (unpaired) electrons. The first kappa shape index (κ1) is 16.4. The van der Waals surface area contributed by atoms with E-state index in [0.29, 0.717) is 0 Å². The number of ether oxygens (including phenoxy) is 1. The van der Waals surface area contributed by atoms with E-state index in [0.717, 1.165) is 0 Å². The van der Waals surface area contributed by atoms with Gasteiger partial charge in [0.1, 0.15) is 17.1 Å². The zero-order valence-corrected chi connectivity index (χ0v) is 8.84. The number of hydrogen-bond donors (Lipinski definition) is 0. The van der Waals surface area contributed by atoms with Crippen molar-refractivity contribution in [3.8, 4) is 5.75 Å². The molecule has 0 unspecified atom stereocenters. The van der Waals surface area contributed by atoms with Crippen LogP contribution in [0.15, 0.2) is 12.1 Å². The van der Waals surface area contributed by atoms with Crippen molar-refractivity contribution in [2.24, 2.45) is 0 Å². The van der Waals surface area contributed by atoms with Crippen LogP contribution >= 0.6 is 0 Å². The molecule has 20 heavy (non-hydrogen) atoms. The third-order valence-electron chi connectivity index (χ3n) is 1.89. The third kappa shape index (κ3) is 3.90. The Balaban J connectivity index is 3.50. The van der Waals surface area contributed by atoms with E-state index in [-0.39, 0.29) is 0 Å². The van der Waals surface area contributed by atoms with Gasteiger partial charge in [0, 0.05) is 6.07 Å². The number of alkyl halides is 9. The van der Waals surface area contributed by atoms with Crippen molar-refractivity contribution < 1.29 is 48.6 Å². The minimum Gasteiger partial charge on any atom is -0.406 e.